The minimum atomic E-state index is -4.46. The third-order valence-corrected chi connectivity index (χ3v) is 2.89. The molecular weight excluding hydrogens is 285 g/mol. The van der Waals surface area contributed by atoms with Gasteiger partial charge in [0.2, 0.25) is 5.95 Å². The molecule has 2 rings (SSSR count). The number of halogens is 3. The zero-order valence-corrected chi connectivity index (χ0v) is 11.6. The van der Waals surface area contributed by atoms with Crippen molar-refractivity contribution in [3.05, 3.63) is 40.3 Å². The van der Waals surface area contributed by atoms with E-state index in [1.807, 2.05) is 6.92 Å². The Kier molecular flexibility index (Phi) is 4.06. The van der Waals surface area contributed by atoms with Crippen LogP contribution in [0.25, 0.3) is 5.69 Å². The minimum absolute atomic E-state index is 0.126. The van der Waals surface area contributed by atoms with E-state index in [4.69, 9.17) is 0 Å². The molecule has 0 aliphatic rings. The van der Waals surface area contributed by atoms with Gasteiger partial charge in [-0.2, -0.15) is 13.2 Å². The Morgan fingerprint density at radius 1 is 1.33 bits per heavy atom. The molecule has 0 saturated heterocycles. The highest BCUT2D eigenvalue weighted by Crippen LogP contribution is 2.30. The zero-order valence-electron chi connectivity index (χ0n) is 11.6. The Balaban J connectivity index is 2.53. The van der Waals surface area contributed by atoms with Gasteiger partial charge in [-0.05, 0) is 24.6 Å². The number of benzene rings is 1. The summed E-state index contributed by atoms with van der Waals surface area (Å²) in [6, 6.07) is 4.60. The van der Waals surface area contributed by atoms with Gasteiger partial charge in [0.05, 0.1) is 11.3 Å². The molecule has 0 unspecified atom stereocenters. The highest BCUT2D eigenvalue weighted by molar-refractivity contribution is 5.43. The van der Waals surface area contributed by atoms with Gasteiger partial charge in [-0.1, -0.05) is 13.0 Å². The SMILES string of the molecule is CCCNc1nn(C)c(=O)n1-c1cccc(C(F)(F)F)c1. The molecule has 0 bridgehead atoms. The lowest BCUT2D eigenvalue weighted by Crippen LogP contribution is -2.22. The van der Waals surface area contributed by atoms with Crippen molar-refractivity contribution in [1.29, 1.82) is 0 Å². The molecule has 0 aliphatic carbocycles. The molecule has 0 atom stereocenters. The van der Waals surface area contributed by atoms with E-state index >= 15 is 0 Å². The molecule has 1 aromatic carbocycles. The Morgan fingerprint density at radius 2 is 2.05 bits per heavy atom. The van der Waals surface area contributed by atoms with Gasteiger partial charge in [0.15, 0.2) is 0 Å². The van der Waals surface area contributed by atoms with Crippen molar-refractivity contribution in [2.75, 3.05) is 11.9 Å². The number of anilines is 1. The Hall–Kier alpha value is -2.25. The second-order valence-corrected chi connectivity index (χ2v) is 4.54. The topological polar surface area (TPSA) is 51.9 Å². The summed E-state index contributed by atoms with van der Waals surface area (Å²) >= 11 is 0. The largest absolute Gasteiger partial charge is 0.416 e. The number of aryl methyl sites for hydroxylation is 1. The fourth-order valence-corrected chi connectivity index (χ4v) is 1.87. The molecule has 21 heavy (non-hydrogen) atoms. The molecule has 0 spiro atoms. The highest BCUT2D eigenvalue weighted by atomic mass is 19.4. The number of hydrogen-bond acceptors (Lipinski definition) is 3. The Bertz CT molecular complexity index is 687. The van der Waals surface area contributed by atoms with E-state index in [9.17, 15) is 18.0 Å². The van der Waals surface area contributed by atoms with Crippen LogP contribution in [0.2, 0.25) is 0 Å². The van der Waals surface area contributed by atoms with Gasteiger partial charge >= 0.3 is 11.9 Å². The van der Waals surface area contributed by atoms with Crippen LogP contribution in [0.15, 0.2) is 29.1 Å². The van der Waals surface area contributed by atoms with Gasteiger partial charge in [0.1, 0.15) is 0 Å². The third-order valence-electron chi connectivity index (χ3n) is 2.89. The first kappa shape index (κ1) is 15.1. The molecule has 0 fully saturated rings. The molecule has 114 valence electrons. The quantitative estimate of drug-likeness (QED) is 0.943. The molecule has 1 N–H and O–H groups in total. The maximum atomic E-state index is 12.8. The lowest BCUT2D eigenvalue weighted by molar-refractivity contribution is -0.137. The van der Waals surface area contributed by atoms with Crippen molar-refractivity contribution in [2.45, 2.75) is 19.5 Å². The van der Waals surface area contributed by atoms with Crippen molar-refractivity contribution in [3.63, 3.8) is 0 Å². The fourth-order valence-electron chi connectivity index (χ4n) is 1.87. The minimum Gasteiger partial charge on any atom is -0.354 e. The van der Waals surface area contributed by atoms with Gasteiger partial charge in [0, 0.05) is 13.6 Å². The molecule has 8 heteroatoms. The number of hydrogen-bond donors (Lipinski definition) is 1. The van der Waals surface area contributed by atoms with Gasteiger partial charge in [0.25, 0.3) is 0 Å². The molecule has 0 amide bonds. The van der Waals surface area contributed by atoms with Gasteiger partial charge < -0.3 is 5.32 Å². The van der Waals surface area contributed by atoms with E-state index in [0.717, 1.165) is 27.8 Å². The summed E-state index contributed by atoms with van der Waals surface area (Å²) in [7, 11) is 1.45. The second kappa shape index (κ2) is 5.63. The maximum absolute atomic E-state index is 12.8. The van der Waals surface area contributed by atoms with Gasteiger partial charge in [-0.3, -0.25) is 0 Å². The molecule has 1 heterocycles. The number of nitrogens with one attached hydrogen (secondary N) is 1. The number of aromatic nitrogens is 3. The number of alkyl halides is 3. The van der Waals surface area contributed by atoms with E-state index < -0.39 is 17.4 Å². The highest BCUT2D eigenvalue weighted by Gasteiger charge is 2.30. The van der Waals surface area contributed by atoms with Crippen molar-refractivity contribution >= 4 is 5.95 Å². The monoisotopic (exact) mass is 300 g/mol. The van der Waals surface area contributed by atoms with Crippen molar-refractivity contribution < 1.29 is 13.2 Å². The first-order valence-electron chi connectivity index (χ1n) is 6.42. The van der Waals surface area contributed by atoms with E-state index in [1.54, 1.807) is 0 Å². The molecule has 5 nitrogen and oxygen atoms in total. The summed E-state index contributed by atoms with van der Waals surface area (Å²) in [5, 5.41) is 6.92. The Labute approximate surface area is 119 Å². The summed E-state index contributed by atoms with van der Waals surface area (Å²) in [5.74, 6) is 0.226. The van der Waals surface area contributed by atoms with Crippen LogP contribution in [0.4, 0.5) is 19.1 Å². The second-order valence-electron chi connectivity index (χ2n) is 4.54. The molecule has 1 aromatic heterocycles. The Morgan fingerprint density at radius 3 is 2.67 bits per heavy atom. The van der Waals surface area contributed by atoms with E-state index in [-0.39, 0.29) is 11.6 Å². The molecule has 2 aromatic rings. The average Bonchev–Trinajstić information content (AvgIpc) is 2.71. The smallest absolute Gasteiger partial charge is 0.354 e. The zero-order chi connectivity index (χ0) is 15.6. The predicted octanol–water partition coefficient (Wildman–Crippen LogP) is 2.41. The van der Waals surface area contributed by atoms with Crippen LogP contribution in [-0.4, -0.2) is 20.9 Å². The fraction of sp³-hybridized carbons (Fsp3) is 0.385. The standard InChI is InChI=1S/C13H15F3N4O/c1-3-7-17-11-18-19(2)12(21)20(11)10-6-4-5-9(8-10)13(14,15)16/h4-6,8H,3,7H2,1-2H3,(H,17,18). The first-order chi connectivity index (χ1) is 9.84. The average molecular weight is 300 g/mol. The van der Waals surface area contributed by atoms with E-state index in [0.29, 0.717) is 6.54 Å². The third kappa shape index (κ3) is 3.09. The summed E-state index contributed by atoms with van der Waals surface area (Å²) in [5.41, 5.74) is -1.19. The van der Waals surface area contributed by atoms with Crippen LogP contribution in [0.1, 0.15) is 18.9 Å². The summed E-state index contributed by atoms with van der Waals surface area (Å²) < 4.78 is 40.5. The van der Waals surface area contributed by atoms with Crippen LogP contribution < -0.4 is 11.0 Å². The molecule has 0 saturated carbocycles. The van der Waals surface area contributed by atoms with E-state index in [2.05, 4.69) is 10.4 Å². The maximum Gasteiger partial charge on any atom is 0.416 e. The number of rotatable bonds is 4. The van der Waals surface area contributed by atoms with Crippen LogP contribution in [0, 0.1) is 0 Å². The lowest BCUT2D eigenvalue weighted by Gasteiger charge is -2.10. The van der Waals surface area contributed by atoms with Crippen LogP contribution in [-0.2, 0) is 13.2 Å². The summed E-state index contributed by atoms with van der Waals surface area (Å²) in [6.07, 6.45) is -3.66. The summed E-state index contributed by atoms with van der Waals surface area (Å²) in [6.45, 7) is 2.50. The van der Waals surface area contributed by atoms with Crippen LogP contribution in [0.3, 0.4) is 0 Å². The summed E-state index contributed by atoms with van der Waals surface area (Å²) in [4.78, 5) is 12.1. The van der Waals surface area contributed by atoms with Gasteiger partial charge in [-0.25, -0.2) is 14.0 Å². The van der Waals surface area contributed by atoms with E-state index in [1.165, 1.54) is 19.2 Å². The van der Waals surface area contributed by atoms with Crippen LogP contribution in [0.5, 0.6) is 0 Å². The number of nitrogens with zero attached hydrogens (tertiary/aromatic N) is 3. The first-order valence-corrected chi connectivity index (χ1v) is 6.42. The van der Waals surface area contributed by atoms with Gasteiger partial charge in [-0.15, -0.1) is 5.10 Å². The molecule has 0 radical (unpaired) electrons. The van der Waals surface area contributed by atoms with Crippen molar-refractivity contribution in [1.82, 2.24) is 14.3 Å². The van der Waals surface area contributed by atoms with Crippen LogP contribution >= 0.6 is 0 Å². The lowest BCUT2D eigenvalue weighted by atomic mass is 10.2. The molecule has 0 aliphatic heterocycles. The predicted molar refractivity (Wildman–Crippen MR) is 72.6 cm³/mol. The van der Waals surface area contributed by atoms with Crippen molar-refractivity contribution in [2.24, 2.45) is 7.05 Å². The van der Waals surface area contributed by atoms with Crippen molar-refractivity contribution in [3.8, 4) is 5.69 Å². The normalized spacial score (nSPS) is 11.7. The molecular formula is C13H15F3N4O.